The smallest absolute Gasteiger partial charge is 0.239 e. The molecule has 0 aromatic carbocycles. The van der Waals surface area contributed by atoms with Crippen molar-refractivity contribution in [2.24, 2.45) is 5.73 Å². The summed E-state index contributed by atoms with van der Waals surface area (Å²) in [6, 6.07) is 1.70. The fourth-order valence-electron chi connectivity index (χ4n) is 1.61. The van der Waals surface area contributed by atoms with Crippen LogP contribution in [0.25, 0.3) is 0 Å². The highest BCUT2D eigenvalue weighted by Crippen LogP contribution is 2.03. The first-order valence-electron chi connectivity index (χ1n) is 6.39. The number of primary amides is 1. The van der Waals surface area contributed by atoms with Gasteiger partial charge in [0.15, 0.2) is 5.82 Å². The van der Waals surface area contributed by atoms with E-state index < -0.39 is 0 Å². The van der Waals surface area contributed by atoms with Crippen molar-refractivity contribution in [3.8, 4) is 0 Å². The van der Waals surface area contributed by atoms with Gasteiger partial charge in [-0.2, -0.15) is 5.10 Å². The lowest BCUT2D eigenvalue weighted by Crippen LogP contribution is -2.33. The van der Waals surface area contributed by atoms with Gasteiger partial charge in [-0.3, -0.25) is 19.2 Å². The molecule has 0 unspecified atom stereocenters. The zero-order chi connectivity index (χ0) is 14.3. The molecule has 1 aromatic heterocycles. The van der Waals surface area contributed by atoms with Gasteiger partial charge in [-0.15, -0.1) is 0 Å². The van der Waals surface area contributed by atoms with Crippen LogP contribution in [-0.4, -0.2) is 46.1 Å². The number of carbonyl (C=O) groups excluding carboxylic acids is 2. The van der Waals surface area contributed by atoms with E-state index in [0.29, 0.717) is 18.9 Å². The molecule has 2 amide bonds. The fraction of sp³-hybridized carbons (Fsp3) is 0.583. The number of anilines is 1. The highest BCUT2D eigenvalue weighted by Gasteiger charge is 2.09. The number of carbonyl (C=O) groups is 2. The minimum absolute atomic E-state index is 0.0937. The summed E-state index contributed by atoms with van der Waals surface area (Å²) in [6.07, 6.45) is 1.93. The van der Waals surface area contributed by atoms with Crippen molar-refractivity contribution in [1.29, 1.82) is 0 Å². The number of amides is 2. The Hall–Kier alpha value is -1.89. The second-order valence-corrected chi connectivity index (χ2v) is 4.19. The number of nitrogens with two attached hydrogens (primary N) is 1. The summed E-state index contributed by atoms with van der Waals surface area (Å²) >= 11 is 0. The number of nitrogens with one attached hydrogen (secondary N) is 1. The minimum atomic E-state index is -0.373. The highest BCUT2D eigenvalue weighted by atomic mass is 16.2. The Bertz CT molecular complexity index is 426. The third-order valence-electron chi connectivity index (χ3n) is 2.76. The molecule has 7 nitrogen and oxygen atoms in total. The summed E-state index contributed by atoms with van der Waals surface area (Å²) < 4.78 is 1.58. The van der Waals surface area contributed by atoms with Gasteiger partial charge >= 0.3 is 0 Å². The number of likely N-dealkylation sites (N-methyl/N-ethyl adjacent to an activating group) is 1. The van der Waals surface area contributed by atoms with Gasteiger partial charge in [0, 0.05) is 25.2 Å². The zero-order valence-electron chi connectivity index (χ0n) is 11.4. The van der Waals surface area contributed by atoms with E-state index in [9.17, 15) is 9.59 Å². The molecule has 0 spiro atoms. The van der Waals surface area contributed by atoms with Crippen LogP contribution in [0.15, 0.2) is 12.3 Å². The minimum Gasteiger partial charge on any atom is -0.370 e. The van der Waals surface area contributed by atoms with Crippen LogP contribution in [0.5, 0.6) is 0 Å². The van der Waals surface area contributed by atoms with Gasteiger partial charge in [-0.1, -0.05) is 13.8 Å². The third kappa shape index (κ3) is 5.52. The molecule has 106 valence electrons. The van der Waals surface area contributed by atoms with Gasteiger partial charge in [0.05, 0.1) is 6.54 Å². The highest BCUT2D eigenvalue weighted by molar-refractivity contribution is 5.91. The standard InChI is InChI=1S/C12H21N5O2/c1-3-16(4-2)9-12(19)14-11-6-8-17(15-11)7-5-10(13)18/h6,8H,3-5,7,9H2,1-2H3,(H2,13,18)(H,14,15,19). The van der Waals surface area contributed by atoms with Crippen molar-refractivity contribution in [3.05, 3.63) is 12.3 Å². The predicted molar refractivity (Wildman–Crippen MR) is 72.5 cm³/mol. The lowest BCUT2D eigenvalue weighted by atomic mass is 10.4. The number of hydrogen-bond acceptors (Lipinski definition) is 4. The molecule has 0 aliphatic heterocycles. The Morgan fingerprint density at radius 2 is 2.11 bits per heavy atom. The second-order valence-electron chi connectivity index (χ2n) is 4.19. The molecule has 0 saturated heterocycles. The summed E-state index contributed by atoms with van der Waals surface area (Å²) in [5.41, 5.74) is 5.06. The van der Waals surface area contributed by atoms with E-state index in [-0.39, 0.29) is 18.2 Å². The maximum absolute atomic E-state index is 11.7. The summed E-state index contributed by atoms with van der Waals surface area (Å²) in [6.45, 7) is 6.45. The maximum atomic E-state index is 11.7. The van der Waals surface area contributed by atoms with E-state index in [1.807, 2.05) is 18.7 Å². The van der Waals surface area contributed by atoms with Crippen LogP contribution in [0.3, 0.4) is 0 Å². The summed E-state index contributed by atoms with van der Waals surface area (Å²) in [5, 5.41) is 6.86. The van der Waals surface area contributed by atoms with Crippen LogP contribution >= 0.6 is 0 Å². The molecule has 0 bridgehead atoms. The van der Waals surface area contributed by atoms with E-state index in [1.165, 1.54) is 0 Å². The average Bonchev–Trinajstić information content (AvgIpc) is 2.81. The van der Waals surface area contributed by atoms with E-state index >= 15 is 0 Å². The molecule has 7 heteroatoms. The van der Waals surface area contributed by atoms with Gasteiger partial charge in [0.1, 0.15) is 0 Å². The van der Waals surface area contributed by atoms with E-state index in [1.54, 1.807) is 16.9 Å². The SMILES string of the molecule is CCN(CC)CC(=O)Nc1ccn(CCC(N)=O)n1. The molecule has 0 aliphatic carbocycles. The molecule has 0 atom stereocenters. The van der Waals surface area contributed by atoms with E-state index in [4.69, 9.17) is 5.73 Å². The molecular formula is C12H21N5O2. The number of nitrogens with zero attached hydrogens (tertiary/aromatic N) is 3. The Morgan fingerprint density at radius 1 is 1.42 bits per heavy atom. The summed E-state index contributed by atoms with van der Waals surface area (Å²) in [4.78, 5) is 24.4. The van der Waals surface area contributed by atoms with Crippen LogP contribution in [0, 0.1) is 0 Å². The van der Waals surface area contributed by atoms with Crippen molar-refractivity contribution < 1.29 is 9.59 Å². The Kier molecular flexibility index (Phi) is 6.01. The Morgan fingerprint density at radius 3 is 2.68 bits per heavy atom. The zero-order valence-corrected chi connectivity index (χ0v) is 11.4. The van der Waals surface area contributed by atoms with Gasteiger partial charge in [-0.05, 0) is 13.1 Å². The van der Waals surface area contributed by atoms with Crippen LogP contribution in [0.2, 0.25) is 0 Å². The molecule has 1 rings (SSSR count). The summed E-state index contributed by atoms with van der Waals surface area (Å²) in [5.74, 6) is 0.0214. The number of aryl methyl sites for hydroxylation is 1. The van der Waals surface area contributed by atoms with Gasteiger partial charge < -0.3 is 11.1 Å². The largest absolute Gasteiger partial charge is 0.370 e. The van der Waals surface area contributed by atoms with Gasteiger partial charge in [0.2, 0.25) is 11.8 Å². The lowest BCUT2D eigenvalue weighted by Gasteiger charge is -2.16. The Balaban J connectivity index is 2.44. The number of aromatic nitrogens is 2. The average molecular weight is 267 g/mol. The van der Waals surface area contributed by atoms with Crippen molar-refractivity contribution in [3.63, 3.8) is 0 Å². The Labute approximate surface area is 112 Å². The predicted octanol–water partition coefficient (Wildman–Crippen LogP) is 0.0388. The van der Waals surface area contributed by atoms with Crippen LogP contribution in [0.1, 0.15) is 20.3 Å². The van der Waals surface area contributed by atoms with Crippen LogP contribution in [0.4, 0.5) is 5.82 Å². The van der Waals surface area contributed by atoms with Crippen LogP contribution in [-0.2, 0) is 16.1 Å². The monoisotopic (exact) mass is 267 g/mol. The molecule has 1 heterocycles. The molecule has 0 fully saturated rings. The molecule has 0 radical (unpaired) electrons. The normalized spacial score (nSPS) is 10.7. The van der Waals surface area contributed by atoms with Crippen molar-refractivity contribution >= 4 is 17.6 Å². The maximum Gasteiger partial charge on any atom is 0.239 e. The molecule has 0 aliphatic rings. The topological polar surface area (TPSA) is 93.3 Å². The third-order valence-corrected chi connectivity index (χ3v) is 2.76. The summed E-state index contributed by atoms with van der Waals surface area (Å²) in [7, 11) is 0. The molecule has 19 heavy (non-hydrogen) atoms. The fourth-order valence-corrected chi connectivity index (χ4v) is 1.61. The van der Waals surface area contributed by atoms with Crippen molar-refractivity contribution in [2.75, 3.05) is 25.0 Å². The quantitative estimate of drug-likeness (QED) is 0.695. The first-order chi connectivity index (χ1) is 9.05. The van der Waals surface area contributed by atoms with Crippen molar-refractivity contribution in [1.82, 2.24) is 14.7 Å². The van der Waals surface area contributed by atoms with E-state index in [0.717, 1.165) is 13.1 Å². The first-order valence-corrected chi connectivity index (χ1v) is 6.39. The van der Waals surface area contributed by atoms with Gasteiger partial charge in [-0.25, -0.2) is 0 Å². The van der Waals surface area contributed by atoms with Gasteiger partial charge in [0.25, 0.3) is 0 Å². The first kappa shape index (κ1) is 15.2. The molecule has 3 N–H and O–H groups in total. The lowest BCUT2D eigenvalue weighted by molar-refractivity contribution is -0.118. The molecule has 1 aromatic rings. The van der Waals surface area contributed by atoms with Crippen molar-refractivity contribution in [2.45, 2.75) is 26.8 Å². The molecule has 0 saturated carbocycles. The van der Waals surface area contributed by atoms with Crippen LogP contribution < -0.4 is 11.1 Å². The number of rotatable bonds is 8. The number of hydrogen-bond donors (Lipinski definition) is 2. The van der Waals surface area contributed by atoms with E-state index in [2.05, 4.69) is 10.4 Å². The second kappa shape index (κ2) is 7.52. The molecular weight excluding hydrogens is 246 g/mol.